The minimum Gasteiger partial charge on any atom is -0.481 e. The molecular formula is C9H13NO5. The molecule has 1 rings (SSSR count). The average Bonchev–Trinajstić information content (AvgIpc) is 2.62. The van der Waals surface area contributed by atoms with Gasteiger partial charge in [-0.3, -0.25) is 9.59 Å². The zero-order chi connectivity index (χ0) is 11.3. The fourth-order valence-corrected chi connectivity index (χ4v) is 1.19. The first-order valence-electron chi connectivity index (χ1n) is 4.56. The number of aliphatic carboxylic acids is 1. The molecule has 15 heavy (non-hydrogen) atoms. The third-order valence-corrected chi connectivity index (χ3v) is 1.99. The second kappa shape index (κ2) is 5.47. The van der Waals surface area contributed by atoms with Crippen LogP contribution in [0.3, 0.4) is 0 Å². The van der Waals surface area contributed by atoms with Gasteiger partial charge in [0.05, 0.1) is 19.6 Å². The van der Waals surface area contributed by atoms with E-state index in [1.165, 1.54) is 0 Å². The fraction of sp³-hybridized carbons (Fsp3) is 0.556. The highest BCUT2D eigenvalue weighted by Crippen LogP contribution is 2.11. The number of carbonyl (C=O) groups excluding carboxylic acids is 1. The van der Waals surface area contributed by atoms with Crippen LogP contribution in [-0.2, 0) is 14.3 Å². The molecule has 1 atom stereocenters. The van der Waals surface area contributed by atoms with Crippen molar-refractivity contribution in [2.45, 2.75) is 19.1 Å². The summed E-state index contributed by atoms with van der Waals surface area (Å²) in [7, 11) is 0. The van der Waals surface area contributed by atoms with Gasteiger partial charge in [0, 0.05) is 12.0 Å². The van der Waals surface area contributed by atoms with Crippen LogP contribution in [0, 0.1) is 0 Å². The molecule has 84 valence electrons. The highest BCUT2D eigenvalue weighted by atomic mass is 16.5. The summed E-state index contributed by atoms with van der Waals surface area (Å²) in [6.45, 7) is 0.170. The van der Waals surface area contributed by atoms with Gasteiger partial charge >= 0.3 is 5.97 Å². The maximum atomic E-state index is 11.2. The van der Waals surface area contributed by atoms with Gasteiger partial charge in [-0.25, -0.2) is 0 Å². The van der Waals surface area contributed by atoms with Crippen molar-refractivity contribution in [1.82, 2.24) is 5.32 Å². The summed E-state index contributed by atoms with van der Waals surface area (Å²) in [5.74, 6) is -1.42. The highest BCUT2D eigenvalue weighted by Gasteiger charge is 2.21. The van der Waals surface area contributed by atoms with Gasteiger partial charge in [-0.15, -0.1) is 0 Å². The van der Waals surface area contributed by atoms with Crippen LogP contribution in [0.25, 0.3) is 0 Å². The minimum atomic E-state index is -1.02. The molecule has 0 radical (unpaired) electrons. The largest absolute Gasteiger partial charge is 0.481 e. The third kappa shape index (κ3) is 3.69. The number of amides is 1. The van der Waals surface area contributed by atoms with E-state index in [4.69, 9.17) is 14.9 Å². The zero-order valence-corrected chi connectivity index (χ0v) is 8.10. The first-order valence-corrected chi connectivity index (χ1v) is 4.56. The van der Waals surface area contributed by atoms with Crippen LogP contribution in [0.1, 0.15) is 12.8 Å². The molecule has 6 heteroatoms. The fourth-order valence-electron chi connectivity index (χ4n) is 1.19. The van der Waals surface area contributed by atoms with Gasteiger partial charge < -0.3 is 20.3 Å². The van der Waals surface area contributed by atoms with Crippen LogP contribution in [-0.4, -0.2) is 41.5 Å². The summed E-state index contributed by atoms with van der Waals surface area (Å²) in [4.78, 5) is 21.4. The molecular weight excluding hydrogens is 202 g/mol. The van der Waals surface area contributed by atoms with Crippen molar-refractivity contribution in [1.29, 1.82) is 0 Å². The maximum Gasteiger partial charge on any atom is 0.303 e. The summed E-state index contributed by atoms with van der Waals surface area (Å²) >= 11 is 0. The lowest BCUT2D eigenvalue weighted by molar-refractivity contribution is -0.139. The first kappa shape index (κ1) is 11.7. The maximum absolute atomic E-state index is 11.2. The van der Waals surface area contributed by atoms with Crippen LogP contribution in [0.15, 0.2) is 11.6 Å². The Labute approximate surface area is 86.5 Å². The number of nitrogens with one attached hydrogen (secondary N) is 1. The molecule has 0 bridgehead atoms. The monoisotopic (exact) mass is 215 g/mol. The van der Waals surface area contributed by atoms with Crippen molar-refractivity contribution in [2.24, 2.45) is 0 Å². The molecule has 0 spiro atoms. The number of aliphatic hydroxyl groups excluding tert-OH is 1. The predicted molar refractivity (Wildman–Crippen MR) is 49.9 cm³/mol. The molecule has 0 aromatic heterocycles. The van der Waals surface area contributed by atoms with Gasteiger partial charge in [-0.05, 0) is 0 Å². The first-order chi connectivity index (χ1) is 7.13. The lowest BCUT2D eigenvalue weighted by atomic mass is 10.2. The van der Waals surface area contributed by atoms with Gasteiger partial charge in [0.2, 0.25) is 5.91 Å². The van der Waals surface area contributed by atoms with Crippen molar-refractivity contribution in [3.63, 3.8) is 0 Å². The van der Waals surface area contributed by atoms with E-state index in [0.717, 1.165) is 0 Å². The molecule has 0 aliphatic carbocycles. The van der Waals surface area contributed by atoms with Crippen molar-refractivity contribution in [3.8, 4) is 0 Å². The topological polar surface area (TPSA) is 95.9 Å². The van der Waals surface area contributed by atoms with Crippen molar-refractivity contribution in [2.75, 3.05) is 13.2 Å². The summed E-state index contributed by atoms with van der Waals surface area (Å²) in [5, 5.41) is 19.7. The number of carboxylic acid groups (broad SMARTS) is 1. The van der Waals surface area contributed by atoms with Crippen LogP contribution >= 0.6 is 0 Å². The second-order valence-corrected chi connectivity index (χ2v) is 3.11. The molecule has 1 aliphatic heterocycles. The van der Waals surface area contributed by atoms with E-state index in [9.17, 15) is 9.59 Å². The molecule has 1 amide bonds. The van der Waals surface area contributed by atoms with Crippen LogP contribution in [0.5, 0.6) is 0 Å². The zero-order valence-electron chi connectivity index (χ0n) is 8.10. The van der Waals surface area contributed by atoms with E-state index < -0.39 is 18.1 Å². The lowest BCUT2D eigenvalue weighted by Crippen LogP contribution is -2.37. The standard InChI is InChI=1S/C9H13NO5/c11-5-6-3-4-15-9(6)10-7(12)1-2-8(13)14/h3,9,11H,1-2,4-5H2,(H,10,12)(H,13,14). The second-order valence-electron chi connectivity index (χ2n) is 3.11. The van der Waals surface area contributed by atoms with E-state index >= 15 is 0 Å². The van der Waals surface area contributed by atoms with E-state index in [1.807, 2.05) is 0 Å². The quantitative estimate of drug-likeness (QED) is 0.524. The average molecular weight is 215 g/mol. The molecule has 0 saturated carbocycles. The number of hydrogen-bond donors (Lipinski definition) is 3. The molecule has 1 aliphatic rings. The third-order valence-electron chi connectivity index (χ3n) is 1.99. The Balaban J connectivity index is 2.32. The predicted octanol–water partition coefficient (Wildman–Crippen LogP) is -0.758. The summed E-state index contributed by atoms with van der Waals surface area (Å²) in [6.07, 6.45) is 0.767. The molecule has 1 heterocycles. The Hall–Kier alpha value is -1.40. The minimum absolute atomic E-state index is 0.0894. The molecule has 1 unspecified atom stereocenters. The van der Waals surface area contributed by atoms with Crippen molar-refractivity contribution >= 4 is 11.9 Å². The Bertz CT molecular complexity index is 286. The number of hydrogen-bond acceptors (Lipinski definition) is 4. The summed E-state index contributed by atoms with van der Waals surface area (Å²) in [6, 6.07) is 0. The van der Waals surface area contributed by atoms with Crippen molar-refractivity contribution < 1.29 is 24.5 Å². The number of ether oxygens (including phenoxy) is 1. The Morgan fingerprint density at radius 1 is 1.53 bits per heavy atom. The van der Waals surface area contributed by atoms with E-state index in [2.05, 4.69) is 5.32 Å². The smallest absolute Gasteiger partial charge is 0.303 e. The number of rotatable bonds is 5. The van der Waals surface area contributed by atoms with Gasteiger partial charge in [0.15, 0.2) is 6.23 Å². The Morgan fingerprint density at radius 2 is 2.27 bits per heavy atom. The molecule has 3 N–H and O–H groups in total. The SMILES string of the molecule is O=C(O)CCC(=O)NC1OCC=C1CO. The molecule has 0 aromatic carbocycles. The Morgan fingerprint density at radius 3 is 2.87 bits per heavy atom. The summed E-state index contributed by atoms with van der Waals surface area (Å²) < 4.78 is 5.10. The van der Waals surface area contributed by atoms with Gasteiger partial charge in [0.1, 0.15) is 0 Å². The normalized spacial score (nSPS) is 19.8. The van der Waals surface area contributed by atoms with Crippen LogP contribution < -0.4 is 5.32 Å². The van der Waals surface area contributed by atoms with E-state index in [1.54, 1.807) is 6.08 Å². The highest BCUT2D eigenvalue weighted by molar-refractivity contribution is 5.80. The van der Waals surface area contributed by atoms with Crippen LogP contribution in [0.4, 0.5) is 0 Å². The molecule has 6 nitrogen and oxygen atoms in total. The molecule has 0 aromatic rings. The van der Waals surface area contributed by atoms with Crippen molar-refractivity contribution in [3.05, 3.63) is 11.6 Å². The van der Waals surface area contributed by atoms with E-state index in [0.29, 0.717) is 12.2 Å². The van der Waals surface area contributed by atoms with Gasteiger partial charge in [-0.2, -0.15) is 0 Å². The number of carboxylic acids is 1. The molecule has 0 fully saturated rings. The van der Waals surface area contributed by atoms with Gasteiger partial charge in [-0.1, -0.05) is 6.08 Å². The van der Waals surface area contributed by atoms with Gasteiger partial charge in [0.25, 0.3) is 0 Å². The summed E-state index contributed by atoms with van der Waals surface area (Å²) in [5.41, 5.74) is 0.596. The van der Waals surface area contributed by atoms with Crippen LogP contribution in [0.2, 0.25) is 0 Å². The number of aliphatic hydroxyl groups is 1. The number of carbonyl (C=O) groups is 2. The lowest BCUT2D eigenvalue weighted by Gasteiger charge is -2.14. The Kier molecular flexibility index (Phi) is 4.26. The molecule has 0 saturated heterocycles. The van der Waals surface area contributed by atoms with E-state index in [-0.39, 0.29) is 19.4 Å².